The summed E-state index contributed by atoms with van der Waals surface area (Å²) in [4.78, 5) is 6.87. The Morgan fingerprint density at radius 1 is 1.35 bits per heavy atom. The number of hydrogen-bond donors (Lipinski definition) is 0. The van der Waals surface area contributed by atoms with E-state index in [1.165, 1.54) is 25.8 Å². The average Bonchev–Trinajstić information content (AvgIpc) is 2.97. The minimum atomic E-state index is 0.0506. The fraction of sp³-hybridized carbons (Fsp3) is 0.688. The van der Waals surface area contributed by atoms with Crippen molar-refractivity contribution in [1.82, 2.24) is 9.88 Å². The minimum Gasteiger partial charge on any atom is -0.472 e. The van der Waals surface area contributed by atoms with Gasteiger partial charge in [-0.05, 0) is 25.3 Å². The van der Waals surface area contributed by atoms with Crippen LogP contribution in [0.3, 0.4) is 0 Å². The Kier molecular flexibility index (Phi) is 3.15. The Hall–Kier alpha value is -1.13. The Balaban J connectivity index is 1.36. The van der Waals surface area contributed by atoms with Crippen molar-refractivity contribution < 1.29 is 9.47 Å². The van der Waals surface area contributed by atoms with E-state index < -0.39 is 0 Å². The first-order valence-corrected chi connectivity index (χ1v) is 7.79. The van der Waals surface area contributed by atoms with Crippen molar-refractivity contribution in [3.05, 3.63) is 24.4 Å². The van der Waals surface area contributed by atoms with Crippen molar-refractivity contribution in [2.45, 2.75) is 49.9 Å². The molecule has 4 rings (SSSR count). The molecule has 0 aromatic carbocycles. The van der Waals surface area contributed by atoms with Gasteiger partial charge in [-0.25, -0.2) is 4.98 Å². The molecule has 2 saturated heterocycles. The highest BCUT2D eigenvalue weighted by Gasteiger charge is 2.48. The third-order valence-corrected chi connectivity index (χ3v) is 5.04. The second kappa shape index (κ2) is 5.01. The fourth-order valence-corrected chi connectivity index (χ4v) is 3.69. The highest BCUT2D eigenvalue weighted by molar-refractivity contribution is 5.11. The van der Waals surface area contributed by atoms with Crippen LogP contribution in [-0.2, 0) is 4.74 Å². The lowest BCUT2D eigenvalue weighted by molar-refractivity contribution is 0.00260. The molecule has 1 spiro atoms. The third kappa shape index (κ3) is 2.31. The number of aromatic nitrogens is 1. The molecule has 0 bridgehead atoms. The maximum absolute atomic E-state index is 6.14. The number of nitrogens with zero attached hydrogens (tertiary/aromatic N) is 2. The molecule has 1 aromatic rings. The van der Waals surface area contributed by atoms with E-state index in [2.05, 4.69) is 9.88 Å². The predicted molar refractivity (Wildman–Crippen MR) is 75.8 cm³/mol. The lowest BCUT2D eigenvalue weighted by Crippen LogP contribution is -2.41. The SMILES string of the molecule is c1ccc(O[C@H]2CO[C@@]3(CCN(C4CCC4)C3)C2)nc1. The Morgan fingerprint density at radius 3 is 3.05 bits per heavy atom. The van der Waals surface area contributed by atoms with Crippen LogP contribution in [0.15, 0.2) is 24.4 Å². The van der Waals surface area contributed by atoms with Crippen molar-refractivity contribution in [1.29, 1.82) is 0 Å². The van der Waals surface area contributed by atoms with Gasteiger partial charge < -0.3 is 9.47 Å². The van der Waals surface area contributed by atoms with Crippen LogP contribution in [0, 0.1) is 0 Å². The molecule has 0 radical (unpaired) electrons. The zero-order valence-corrected chi connectivity index (χ0v) is 11.8. The predicted octanol–water partition coefficient (Wildman–Crippen LogP) is 2.25. The van der Waals surface area contributed by atoms with Gasteiger partial charge in [0.15, 0.2) is 0 Å². The molecule has 0 N–H and O–H groups in total. The van der Waals surface area contributed by atoms with Crippen molar-refractivity contribution >= 4 is 0 Å². The summed E-state index contributed by atoms with van der Waals surface area (Å²) in [5.74, 6) is 0.715. The molecule has 20 heavy (non-hydrogen) atoms. The second-order valence-electron chi connectivity index (χ2n) is 6.41. The van der Waals surface area contributed by atoms with Gasteiger partial charge in [0.25, 0.3) is 0 Å². The summed E-state index contributed by atoms with van der Waals surface area (Å²) >= 11 is 0. The quantitative estimate of drug-likeness (QED) is 0.846. The lowest BCUT2D eigenvalue weighted by atomic mass is 9.91. The highest BCUT2D eigenvalue weighted by atomic mass is 16.6. The Labute approximate surface area is 120 Å². The number of likely N-dealkylation sites (tertiary alicyclic amines) is 1. The van der Waals surface area contributed by atoms with E-state index in [9.17, 15) is 0 Å². The van der Waals surface area contributed by atoms with Crippen LogP contribution in [0.5, 0.6) is 5.88 Å². The largest absolute Gasteiger partial charge is 0.472 e. The molecule has 1 saturated carbocycles. The Morgan fingerprint density at radius 2 is 2.30 bits per heavy atom. The third-order valence-electron chi connectivity index (χ3n) is 5.04. The summed E-state index contributed by atoms with van der Waals surface area (Å²) in [6, 6.07) is 6.61. The fourth-order valence-electron chi connectivity index (χ4n) is 3.69. The second-order valence-corrected chi connectivity index (χ2v) is 6.41. The van der Waals surface area contributed by atoms with Gasteiger partial charge >= 0.3 is 0 Å². The van der Waals surface area contributed by atoms with Gasteiger partial charge in [0, 0.05) is 37.8 Å². The summed E-state index contributed by atoms with van der Waals surface area (Å²) in [6.45, 7) is 3.00. The van der Waals surface area contributed by atoms with Crippen LogP contribution >= 0.6 is 0 Å². The molecule has 4 heteroatoms. The van der Waals surface area contributed by atoms with Gasteiger partial charge in [-0.2, -0.15) is 0 Å². The van der Waals surface area contributed by atoms with E-state index in [0.29, 0.717) is 12.5 Å². The van der Waals surface area contributed by atoms with Gasteiger partial charge in [0.1, 0.15) is 6.10 Å². The molecule has 3 heterocycles. The summed E-state index contributed by atoms with van der Waals surface area (Å²) in [5.41, 5.74) is 0.0506. The van der Waals surface area contributed by atoms with Gasteiger partial charge in [-0.15, -0.1) is 0 Å². The average molecular weight is 274 g/mol. The van der Waals surface area contributed by atoms with E-state index >= 15 is 0 Å². The molecule has 0 amide bonds. The molecule has 0 unspecified atom stereocenters. The number of ether oxygens (including phenoxy) is 2. The van der Waals surface area contributed by atoms with E-state index in [-0.39, 0.29) is 11.7 Å². The van der Waals surface area contributed by atoms with Gasteiger partial charge in [-0.1, -0.05) is 12.5 Å². The molecule has 2 atom stereocenters. The summed E-state index contributed by atoms with van der Waals surface area (Å²) in [5, 5.41) is 0. The minimum absolute atomic E-state index is 0.0506. The van der Waals surface area contributed by atoms with Crippen LogP contribution in [0.2, 0.25) is 0 Å². The molecular formula is C16H22N2O2. The van der Waals surface area contributed by atoms with Crippen LogP contribution in [0.1, 0.15) is 32.1 Å². The monoisotopic (exact) mass is 274 g/mol. The lowest BCUT2D eigenvalue weighted by Gasteiger charge is -2.35. The summed E-state index contributed by atoms with van der Waals surface area (Å²) in [6.07, 6.45) is 8.26. The van der Waals surface area contributed by atoms with Crippen molar-refractivity contribution in [3.63, 3.8) is 0 Å². The van der Waals surface area contributed by atoms with Crippen LogP contribution in [-0.4, -0.2) is 47.3 Å². The highest BCUT2D eigenvalue weighted by Crippen LogP contribution is 2.39. The normalized spacial score (nSPS) is 34.5. The van der Waals surface area contributed by atoms with Crippen LogP contribution in [0.25, 0.3) is 0 Å². The molecular weight excluding hydrogens is 252 g/mol. The van der Waals surface area contributed by atoms with Gasteiger partial charge in [-0.3, -0.25) is 4.90 Å². The molecule has 4 nitrogen and oxygen atoms in total. The van der Waals surface area contributed by atoms with E-state index in [1.54, 1.807) is 6.20 Å². The van der Waals surface area contributed by atoms with Crippen LogP contribution < -0.4 is 4.74 Å². The van der Waals surface area contributed by atoms with E-state index in [1.807, 2.05) is 18.2 Å². The molecule has 3 fully saturated rings. The van der Waals surface area contributed by atoms with Crippen molar-refractivity contribution in [3.8, 4) is 5.88 Å². The van der Waals surface area contributed by atoms with Crippen molar-refractivity contribution in [2.75, 3.05) is 19.7 Å². The first kappa shape index (κ1) is 12.6. The van der Waals surface area contributed by atoms with Gasteiger partial charge in [0.05, 0.1) is 12.2 Å². The Bertz CT molecular complexity index is 463. The molecule has 1 aliphatic carbocycles. The maximum Gasteiger partial charge on any atom is 0.213 e. The summed E-state index contributed by atoms with van der Waals surface area (Å²) < 4.78 is 12.1. The number of hydrogen-bond acceptors (Lipinski definition) is 4. The number of pyridine rings is 1. The maximum atomic E-state index is 6.14. The smallest absolute Gasteiger partial charge is 0.213 e. The van der Waals surface area contributed by atoms with E-state index in [0.717, 1.165) is 25.4 Å². The zero-order valence-electron chi connectivity index (χ0n) is 11.8. The van der Waals surface area contributed by atoms with Crippen molar-refractivity contribution in [2.24, 2.45) is 0 Å². The standard InChI is InChI=1S/C16H22N2O2/c1-2-8-17-15(6-1)20-14-10-16(19-11-14)7-9-18(12-16)13-4-3-5-13/h1-2,6,8,13-14H,3-5,7,9-12H2/t14-,16+/m1/s1. The molecule has 2 aliphatic heterocycles. The zero-order chi connectivity index (χ0) is 13.4. The number of rotatable bonds is 3. The summed E-state index contributed by atoms with van der Waals surface area (Å²) in [7, 11) is 0. The topological polar surface area (TPSA) is 34.6 Å². The first-order chi connectivity index (χ1) is 9.83. The molecule has 3 aliphatic rings. The first-order valence-electron chi connectivity index (χ1n) is 7.79. The van der Waals surface area contributed by atoms with Crippen LogP contribution in [0.4, 0.5) is 0 Å². The molecule has 108 valence electrons. The van der Waals surface area contributed by atoms with Gasteiger partial charge in [0.2, 0.25) is 5.88 Å². The van der Waals surface area contributed by atoms with E-state index in [4.69, 9.17) is 9.47 Å². The molecule has 1 aromatic heterocycles.